The molecule has 5 heterocycles. The summed E-state index contributed by atoms with van der Waals surface area (Å²) in [5, 5.41) is 18.1. The first-order chi connectivity index (χ1) is 17.8. The van der Waals surface area contributed by atoms with Gasteiger partial charge < -0.3 is 23.9 Å². The molecule has 1 fully saturated rings. The zero-order chi connectivity index (χ0) is 25.7. The number of likely N-dealkylation sites (tertiary alicyclic amines) is 1. The van der Waals surface area contributed by atoms with E-state index in [9.17, 15) is 9.90 Å². The number of carbonyl (C=O) groups is 1. The van der Waals surface area contributed by atoms with Crippen LogP contribution in [0.5, 0.6) is 17.4 Å². The standard InChI is InChI=1S/C26H29N5O5S/c1-26(20-7-8-22(34-3)29-28-20)35-18-6-4-5-16(23(18)36-26)15-9-11-31(12-10-15)14-21-27-24-17(30(21)2)13-19(37-24)25(32)33/h4-8,15,19H,9-14H2,1-3H3,(H,32,33)/t19?,26-/m1/s1. The molecule has 1 unspecified atom stereocenters. The molecule has 0 amide bonds. The quantitative estimate of drug-likeness (QED) is 0.516. The van der Waals surface area contributed by atoms with Gasteiger partial charge in [-0.05, 0) is 44.0 Å². The van der Waals surface area contributed by atoms with Gasteiger partial charge in [0, 0.05) is 32.0 Å². The number of fused-ring (bicyclic) bond motifs is 2. The van der Waals surface area contributed by atoms with E-state index in [2.05, 4.69) is 25.7 Å². The van der Waals surface area contributed by atoms with E-state index in [0.29, 0.717) is 23.9 Å². The smallest absolute Gasteiger partial charge is 0.317 e. The van der Waals surface area contributed by atoms with Crippen molar-refractivity contribution in [2.75, 3.05) is 20.2 Å². The average Bonchev–Trinajstić information content (AvgIpc) is 3.57. The number of aliphatic carboxylic acids is 1. The molecule has 37 heavy (non-hydrogen) atoms. The predicted octanol–water partition coefficient (Wildman–Crippen LogP) is 3.34. The molecule has 1 aromatic carbocycles. The number of carboxylic acid groups (broad SMARTS) is 1. The van der Waals surface area contributed by atoms with Gasteiger partial charge in [-0.25, -0.2) is 4.98 Å². The number of carboxylic acids is 1. The van der Waals surface area contributed by atoms with E-state index >= 15 is 0 Å². The highest BCUT2D eigenvalue weighted by atomic mass is 32.2. The second-order valence-corrected chi connectivity index (χ2v) is 11.0. The minimum absolute atomic E-state index is 0.359. The van der Waals surface area contributed by atoms with Crippen LogP contribution in [0.1, 0.15) is 48.5 Å². The van der Waals surface area contributed by atoms with Crippen molar-refractivity contribution in [3.8, 4) is 17.4 Å². The summed E-state index contributed by atoms with van der Waals surface area (Å²) in [6.45, 7) is 4.50. The molecular weight excluding hydrogens is 494 g/mol. The maximum atomic E-state index is 11.3. The molecule has 10 nitrogen and oxygen atoms in total. The third-order valence-electron chi connectivity index (χ3n) is 7.50. The van der Waals surface area contributed by atoms with Crippen molar-refractivity contribution in [3.63, 3.8) is 0 Å². The van der Waals surface area contributed by atoms with Crippen LogP contribution in [0.3, 0.4) is 0 Å². The number of imidazole rings is 1. The van der Waals surface area contributed by atoms with E-state index in [1.807, 2.05) is 32.2 Å². The van der Waals surface area contributed by atoms with Gasteiger partial charge in [-0.3, -0.25) is 9.69 Å². The maximum Gasteiger partial charge on any atom is 0.317 e. The van der Waals surface area contributed by atoms with Crippen molar-refractivity contribution in [2.24, 2.45) is 7.05 Å². The van der Waals surface area contributed by atoms with Gasteiger partial charge >= 0.3 is 5.97 Å². The van der Waals surface area contributed by atoms with Crippen LogP contribution in [-0.4, -0.2) is 61.2 Å². The lowest BCUT2D eigenvalue weighted by Gasteiger charge is -2.32. The SMILES string of the molecule is COc1ccc([C@]2(C)Oc3cccc(C4CCN(Cc5nc6c(n5C)CC(C(=O)O)S6)CC4)c3O2)nn1. The number of benzene rings is 1. The monoisotopic (exact) mass is 523 g/mol. The molecule has 194 valence electrons. The van der Waals surface area contributed by atoms with Gasteiger partial charge in [0.05, 0.1) is 19.3 Å². The molecule has 2 atom stereocenters. The number of hydrogen-bond acceptors (Lipinski definition) is 9. The second-order valence-electron chi connectivity index (χ2n) is 9.82. The summed E-state index contributed by atoms with van der Waals surface area (Å²) in [5.41, 5.74) is 2.78. The first-order valence-electron chi connectivity index (χ1n) is 12.4. The van der Waals surface area contributed by atoms with Gasteiger partial charge in [-0.2, -0.15) is 0 Å². The number of methoxy groups -OCH3 is 1. The fourth-order valence-electron chi connectivity index (χ4n) is 5.35. The van der Waals surface area contributed by atoms with Crippen molar-refractivity contribution >= 4 is 17.7 Å². The summed E-state index contributed by atoms with van der Waals surface area (Å²) in [6.07, 6.45) is 2.53. The first kappa shape index (κ1) is 24.1. The summed E-state index contributed by atoms with van der Waals surface area (Å²) in [7, 11) is 3.55. The van der Waals surface area contributed by atoms with Crippen molar-refractivity contribution in [2.45, 2.75) is 54.7 Å². The third-order valence-corrected chi connectivity index (χ3v) is 8.70. The molecule has 0 saturated carbocycles. The Morgan fingerprint density at radius 1 is 1.22 bits per heavy atom. The Morgan fingerprint density at radius 2 is 2.03 bits per heavy atom. The van der Waals surface area contributed by atoms with E-state index in [1.165, 1.54) is 11.8 Å². The van der Waals surface area contributed by atoms with Gasteiger partial charge in [0.15, 0.2) is 11.5 Å². The molecule has 0 radical (unpaired) electrons. The Kier molecular flexibility index (Phi) is 5.99. The van der Waals surface area contributed by atoms with E-state index < -0.39 is 17.0 Å². The highest BCUT2D eigenvalue weighted by molar-refractivity contribution is 8.00. The van der Waals surface area contributed by atoms with Crippen molar-refractivity contribution in [1.82, 2.24) is 24.6 Å². The summed E-state index contributed by atoms with van der Waals surface area (Å²) in [4.78, 5) is 18.5. The van der Waals surface area contributed by atoms with Crippen LogP contribution < -0.4 is 14.2 Å². The van der Waals surface area contributed by atoms with Crippen LogP contribution in [0.25, 0.3) is 0 Å². The molecule has 3 aromatic rings. The van der Waals surface area contributed by atoms with E-state index in [0.717, 1.165) is 66.1 Å². The largest absolute Gasteiger partial charge is 0.480 e. The first-order valence-corrected chi connectivity index (χ1v) is 13.3. The number of thioether (sulfide) groups is 1. The lowest BCUT2D eigenvalue weighted by atomic mass is 9.88. The predicted molar refractivity (Wildman–Crippen MR) is 135 cm³/mol. The number of rotatable bonds is 6. The lowest BCUT2D eigenvalue weighted by Crippen LogP contribution is -2.34. The number of piperidine rings is 1. The number of aromatic nitrogens is 4. The lowest BCUT2D eigenvalue weighted by molar-refractivity contribution is -0.136. The molecule has 11 heteroatoms. The Bertz CT molecular complexity index is 1340. The summed E-state index contributed by atoms with van der Waals surface area (Å²) < 4.78 is 19.8. The normalized spacial score (nSPS) is 23.3. The Labute approximate surface area is 218 Å². The molecule has 3 aliphatic heterocycles. The fourth-order valence-corrected chi connectivity index (χ4v) is 6.48. The van der Waals surface area contributed by atoms with E-state index in [-0.39, 0.29) is 0 Å². The van der Waals surface area contributed by atoms with Crippen molar-refractivity contribution < 1.29 is 24.1 Å². The third kappa shape index (κ3) is 4.29. The van der Waals surface area contributed by atoms with Gasteiger partial charge in [0.1, 0.15) is 21.8 Å². The summed E-state index contributed by atoms with van der Waals surface area (Å²) in [5.74, 6) is 1.48. The number of para-hydroxylation sites is 1. The molecule has 3 aliphatic rings. The topological polar surface area (TPSA) is 112 Å². The number of hydrogen-bond donors (Lipinski definition) is 1. The Morgan fingerprint density at radius 3 is 2.70 bits per heavy atom. The fraction of sp³-hybridized carbons (Fsp3) is 0.462. The van der Waals surface area contributed by atoms with Crippen molar-refractivity contribution in [3.05, 3.63) is 53.1 Å². The zero-order valence-corrected chi connectivity index (χ0v) is 21.8. The van der Waals surface area contributed by atoms with Crippen LogP contribution in [0, 0.1) is 0 Å². The van der Waals surface area contributed by atoms with Crippen LogP contribution >= 0.6 is 11.8 Å². The summed E-state index contributed by atoms with van der Waals surface area (Å²) >= 11 is 1.36. The molecule has 1 N–H and O–H groups in total. The zero-order valence-electron chi connectivity index (χ0n) is 21.0. The van der Waals surface area contributed by atoms with E-state index in [1.54, 1.807) is 13.2 Å². The molecule has 0 spiro atoms. The molecule has 1 saturated heterocycles. The second kappa shape index (κ2) is 9.21. The molecule has 0 bridgehead atoms. The maximum absolute atomic E-state index is 11.3. The minimum Gasteiger partial charge on any atom is -0.480 e. The van der Waals surface area contributed by atoms with Crippen LogP contribution in [0.4, 0.5) is 0 Å². The number of nitrogens with zero attached hydrogens (tertiary/aromatic N) is 5. The molecule has 0 aliphatic carbocycles. The van der Waals surface area contributed by atoms with Crippen LogP contribution in [0.15, 0.2) is 35.4 Å². The van der Waals surface area contributed by atoms with Gasteiger partial charge in [0.2, 0.25) is 5.88 Å². The van der Waals surface area contributed by atoms with Gasteiger partial charge in [-0.15, -0.1) is 10.2 Å². The van der Waals surface area contributed by atoms with Crippen molar-refractivity contribution in [1.29, 1.82) is 0 Å². The minimum atomic E-state index is -1.05. The Balaban J connectivity index is 1.12. The average molecular weight is 524 g/mol. The van der Waals surface area contributed by atoms with Gasteiger partial charge in [0.25, 0.3) is 5.79 Å². The van der Waals surface area contributed by atoms with Gasteiger partial charge in [-0.1, -0.05) is 23.9 Å². The highest BCUT2D eigenvalue weighted by Gasteiger charge is 2.43. The molecule has 2 aromatic heterocycles. The molecular formula is C26H29N5O5S. The Hall–Kier alpha value is -3.31. The molecule has 6 rings (SSSR count). The highest BCUT2D eigenvalue weighted by Crippen LogP contribution is 2.49. The van der Waals surface area contributed by atoms with Crippen LogP contribution in [0.2, 0.25) is 0 Å². The van der Waals surface area contributed by atoms with E-state index in [4.69, 9.17) is 19.2 Å². The summed E-state index contributed by atoms with van der Waals surface area (Å²) in [6, 6.07) is 9.65. The number of ether oxygens (including phenoxy) is 3. The van der Waals surface area contributed by atoms with Crippen LogP contribution in [-0.2, 0) is 30.6 Å².